The smallest absolute Gasteiger partial charge is 0.293 e. The second kappa shape index (κ2) is 16.3. The van der Waals surface area contributed by atoms with Crippen molar-refractivity contribution in [2.24, 2.45) is 0 Å². The lowest BCUT2D eigenvalue weighted by Gasteiger charge is -2.32. The minimum atomic E-state index is -0.175. The van der Waals surface area contributed by atoms with E-state index < -0.39 is 0 Å². The highest BCUT2D eigenvalue weighted by atomic mass is 16.5. The molecule has 0 fully saturated rings. The third kappa shape index (κ3) is 12.5. The first kappa shape index (κ1) is 22.5. The minimum Gasteiger partial charge on any atom is -0.461 e. The molecule has 0 N–H and O–H groups in total. The zero-order valence-electron chi connectivity index (χ0n) is 16.2. The largest absolute Gasteiger partial charge is 0.461 e. The van der Waals surface area contributed by atoms with Crippen LogP contribution in [-0.2, 0) is 9.53 Å². The summed E-state index contributed by atoms with van der Waals surface area (Å²) in [6, 6.07) is 0. The molecular formula is C21H42O2. The van der Waals surface area contributed by atoms with Gasteiger partial charge in [0.1, 0.15) is 5.60 Å². The molecule has 0 aromatic rings. The SMILES string of the molecule is CCCCCCCCC(CCC)(CCCCCCCC)OC=O. The Bertz CT molecular complexity index is 234. The molecule has 0 aromatic carbocycles. The molecule has 0 bridgehead atoms. The number of carbonyl (C=O) groups is 1. The summed E-state index contributed by atoms with van der Waals surface area (Å²) in [7, 11) is 0. The fourth-order valence-electron chi connectivity index (χ4n) is 3.56. The van der Waals surface area contributed by atoms with E-state index >= 15 is 0 Å². The van der Waals surface area contributed by atoms with Gasteiger partial charge >= 0.3 is 0 Å². The van der Waals surface area contributed by atoms with Gasteiger partial charge in [0.25, 0.3) is 6.47 Å². The van der Waals surface area contributed by atoms with Crippen LogP contribution in [0.3, 0.4) is 0 Å². The molecule has 0 heterocycles. The summed E-state index contributed by atoms with van der Waals surface area (Å²) < 4.78 is 5.64. The highest BCUT2D eigenvalue weighted by molar-refractivity contribution is 5.38. The molecule has 0 saturated carbocycles. The molecule has 0 aliphatic heterocycles. The fraction of sp³-hybridized carbons (Fsp3) is 0.952. The van der Waals surface area contributed by atoms with Crippen molar-refractivity contribution in [2.75, 3.05) is 0 Å². The van der Waals surface area contributed by atoms with Crippen LogP contribution in [0.15, 0.2) is 0 Å². The van der Waals surface area contributed by atoms with Gasteiger partial charge in [-0.25, -0.2) is 0 Å². The molecular weight excluding hydrogens is 284 g/mol. The highest BCUT2D eigenvalue weighted by Crippen LogP contribution is 2.31. The fourth-order valence-corrected chi connectivity index (χ4v) is 3.56. The van der Waals surface area contributed by atoms with Crippen molar-refractivity contribution in [3.63, 3.8) is 0 Å². The standard InChI is InChI=1S/C21H42O2/c1-4-7-9-11-13-15-18-21(17-6-3,23-20-22)19-16-14-12-10-8-5-2/h20H,4-19H2,1-3H3. The van der Waals surface area contributed by atoms with Crippen LogP contribution in [0.1, 0.15) is 124 Å². The van der Waals surface area contributed by atoms with E-state index in [0.717, 1.165) is 25.7 Å². The van der Waals surface area contributed by atoms with Crippen LogP contribution in [0, 0.1) is 0 Å². The van der Waals surface area contributed by atoms with Gasteiger partial charge in [-0.1, -0.05) is 91.4 Å². The van der Waals surface area contributed by atoms with E-state index in [1.165, 1.54) is 77.0 Å². The number of unbranched alkanes of at least 4 members (excludes halogenated alkanes) is 10. The Morgan fingerprint density at radius 1 is 0.609 bits per heavy atom. The zero-order chi connectivity index (χ0) is 17.2. The van der Waals surface area contributed by atoms with Gasteiger partial charge in [0.2, 0.25) is 0 Å². The molecule has 2 heteroatoms. The molecule has 0 amide bonds. The predicted molar refractivity (Wildman–Crippen MR) is 101 cm³/mol. The lowest BCUT2D eigenvalue weighted by molar-refractivity contribution is -0.146. The van der Waals surface area contributed by atoms with E-state index in [2.05, 4.69) is 20.8 Å². The van der Waals surface area contributed by atoms with Crippen LogP contribution in [-0.4, -0.2) is 12.1 Å². The summed E-state index contributed by atoms with van der Waals surface area (Å²) in [4.78, 5) is 11.0. The van der Waals surface area contributed by atoms with E-state index in [4.69, 9.17) is 4.74 Å². The first-order chi connectivity index (χ1) is 11.2. The first-order valence-electron chi connectivity index (χ1n) is 10.4. The molecule has 0 aliphatic carbocycles. The van der Waals surface area contributed by atoms with Crippen LogP contribution >= 0.6 is 0 Å². The van der Waals surface area contributed by atoms with Crippen molar-refractivity contribution in [3.8, 4) is 0 Å². The van der Waals surface area contributed by atoms with E-state index in [9.17, 15) is 4.79 Å². The second-order valence-electron chi connectivity index (χ2n) is 7.18. The predicted octanol–water partition coefficient (Wildman–Crippen LogP) is 7.20. The van der Waals surface area contributed by atoms with Crippen LogP contribution in [0.2, 0.25) is 0 Å². The van der Waals surface area contributed by atoms with E-state index in [0.29, 0.717) is 6.47 Å². The Hall–Kier alpha value is -0.530. The molecule has 23 heavy (non-hydrogen) atoms. The van der Waals surface area contributed by atoms with Crippen LogP contribution in [0.25, 0.3) is 0 Å². The summed E-state index contributed by atoms with van der Waals surface area (Å²) >= 11 is 0. The van der Waals surface area contributed by atoms with E-state index in [-0.39, 0.29) is 5.60 Å². The van der Waals surface area contributed by atoms with Gasteiger partial charge in [-0.2, -0.15) is 0 Å². The van der Waals surface area contributed by atoms with Crippen molar-refractivity contribution in [2.45, 2.75) is 129 Å². The van der Waals surface area contributed by atoms with Crippen LogP contribution < -0.4 is 0 Å². The summed E-state index contributed by atoms with van der Waals surface area (Å²) in [5, 5.41) is 0. The normalized spacial score (nSPS) is 11.6. The van der Waals surface area contributed by atoms with Gasteiger partial charge in [-0.15, -0.1) is 0 Å². The number of rotatable bonds is 18. The third-order valence-corrected chi connectivity index (χ3v) is 4.98. The van der Waals surface area contributed by atoms with Gasteiger partial charge in [-0.3, -0.25) is 4.79 Å². The number of hydrogen-bond donors (Lipinski definition) is 0. The minimum absolute atomic E-state index is 0.175. The Kier molecular flexibility index (Phi) is 16.0. The van der Waals surface area contributed by atoms with Crippen LogP contribution in [0.4, 0.5) is 0 Å². The van der Waals surface area contributed by atoms with Crippen molar-refractivity contribution in [3.05, 3.63) is 0 Å². The van der Waals surface area contributed by atoms with Crippen molar-refractivity contribution in [1.29, 1.82) is 0 Å². The number of carbonyl (C=O) groups excluding carboxylic acids is 1. The summed E-state index contributed by atoms with van der Waals surface area (Å²) in [5.74, 6) is 0. The topological polar surface area (TPSA) is 26.3 Å². The molecule has 0 aliphatic rings. The Morgan fingerprint density at radius 3 is 1.43 bits per heavy atom. The lowest BCUT2D eigenvalue weighted by Crippen LogP contribution is -2.32. The summed E-state index contributed by atoms with van der Waals surface area (Å²) in [6.07, 6.45) is 19.9. The Balaban J connectivity index is 4.14. The zero-order valence-corrected chi connectivity index (χ0v) is 16.2. The molecule has 0 unspecified atom stereocenters. The molecule has 0 spiro atoms. The van der Waals surface area contributed by atoms with Crippen LogP contribution in [0.5, 0.6) is 0 Å². The highest BCUT2D eigenvalue weighted by Gasteiger charge is 2.29. The molecule has 0 atom stereocenters. The van der Waals surface area contributed by atoms with Gasteiger partial charge in [0, 0.05) is 0 Å². The van der Waals surface area contributed by atoms with Crippen molar-refractivity contribution < 1.29 is 9.53 Å². The van der Waals surface area contributed by atoms with E-state index in [1.54, 1.807) is 0 Å². The molecule has 0 radical (unpaired) electrons. The third-order valence-electron chi connectivity index (χ3n) is 4.98. The van der Waals surface area contributed by atoms with Gasteiger partial charge < -0.3 is 4.74 Å². The second-order valence-corrected chi connectivity index (χ2v) is 7.18. The Morgan fingerprint density at radius 2 is 1.04 bits per heavy atom. The molecule has 0 aromatic heterocycles. The molecule has 0 rings (SSSR count). The monoisotopic (exact) mass is 326 g/mol. The average Bonchev–Trinajstić information content (AvgIpc) is 2.54. The molecule has 2 nitrogen and oxygen atoms in total. The van der Waals surface area contributed by atoms with Gasteiger partial charge in [0.15, 0.2) is 0 Å². The number of hydrogen-bond acceptors (Lipinski definition) is 2. The van der Waals surface area contributed by atoms with Crippen molar-refractivity contribution >= 4 is 6.47 Å². The number of ether oxygens (including phenoxy) is 1. The first-order valence-corrected chi connectivity index (χ1v) is 10.4. The Labute approximate surface area is 145 Å². The quantitative estimate of drug-likeness (QED) is 0.197. The summed E-state index contributed by atoms with van der Waals surface area (Å²) in [6.45, 7) is 7.41. The maximum absolute atomic E-state index is 11.0. The lowest BCUT2D eigenvalue weighted by atomic mass is 9.85. The average molecular weight is 327 g/mol. The summed E-state index contributed by atoms with van der Waals surface area (Å²) in [5.41, 5.74) is -0.175. The van der Waals surface area contributed by atoms with E-state index in [1.807, 2.05) is 0 Å². The maximum Gasteiger partial charge on any atom is 0.293 e. The molecule has 0 saturated heterocycles. The van der Waals surface area contributed by atoms with Gasteiger partial charge in [0.05, 0.1) is 0 Å². The van der Waals surface area contributed by atoms with Gasteiger partial charge in [-0.05, 0) is 32.1 Å². The van der Waals surface area contributed by atoms with Crippen molar-refractivity contribution in [1.82, 2.24) is 0 Å². The maximum atomic E-state index is 11.0. The molecule has 138 valence electrons.